The molecule has 3 aromatic carbocycles. The first-order valence-electron chi connectivity index (χ1n) is 10.4. The molecule has 34 heavy (non-hydrogen) atoms. The van der Waals surface area contributed by atoms with Gasteiger partial charge in [0.15, 0.2) is 11.6 Å². The highest BCUT2D eigenvalue weighted by Gasteiger charge is 2.41. The summed E-state index contributed by atoms with van der Waals surface area (Å²) in [5.41, 5.74) is 2.91. The number of imide groups is 1. The summed E-state index contributed by atoms with van der Waals surface area (Å²) in [5, 5.41) is 3.02. The van der Waals surface area contributed by atoms with Crippen molar-refractivity contribution >= 4 is 28.8 Å². The highest BCUT2D eigenvalue weighted by Crippen LogP contribution is 2.37. The Balaban J connectivity index is 1.86. The lowest BCUT2D eigenvalue weighted by Gasteiger charge is -2.16. The fraction of sp³-hybridized carbons (Fsp3) is 0.154. The molecule has 0 radical (unpaired) electrons. The molecule has 0 saturated heterocycles. The van der Waals surface area contributed by atoms with Gasteiger partial charge in [0.25, 0.3) is 11.8 Å². The van der Waals surface area contributed by atoms with Gasteiger partial charge in [-0.2, -0.15) is 0 Å². The third-order valence-electron chi connectivity index (χ3n) is 5.71. The van der Waals surface area contributed by atoms with Gasteiger partial charge in [-0.3, -0.25) is 9.59 Å². The van der Waals surface area contributed by atoms with Crippen molar-refractivity contribution in [1.82, 2.24) is 0 Å². The van der Waals surface area contributed by atoms with Gasteiger partial charge in [0.05, 0.1) is 31.2 Å². The number of ether oxygens (including phenoxy) is 2. The first-order chi connectivity index (χ1) is 16.2. The molecule has 1 aliphatic heterocycles. The van der Waals surface area contributed by atoms with Crippen LogP contribution in [0.1, 0.15) is 16.7 Å². The Morgan fingerprint density at radius 3 is 2.21 bits per heavy atom. The molecule has 3 aromatic rings. The Kier molecular flexibility index (Phi) is 6.06. The van der Waals surface area contributed by atoms with Crippen molar-refractivity contribution in [2.24, 2.45) is 0 Å². The second kappa shape index (κ2) is 8.97. The number of halogens is 2. The third kappa shape index (κ3) is 3.98. The molecule has 0 atom stereocenters. The van der Waals surface area contributed by atoms with Crippen molar-refractivity contribution in [1.29, 1.82) is 0 Å². The van der Waals surface area contributed by atoms with E-state index in [2.05, 4.69) is 5.32 Å². The van der Waals surface area contributed by atoms with Gasteiger partial charge in [-0.15, -0.1) is 0 Å². The van der Waals surface area contributed by atoms with Gasteiger partial charge in [-0.25, -0.2) is 13.7 Å². The summed E-state index contributed by atoms with van der Waals surface area (Å²) in [6.07, 6.45) is 0. The van der Waals surface area contributed by atoms with Crippen LogP contribution in [-0.4, -0.2) is 26.0 Å². The lowest BCUT2D eigenvalue weighted by molar-refractivity contribution is -0.120. The average Bonchev–Trinajstić information content (AvgIpc) is 3.07. The molecule has 8 heteroatoms. The lowest BCUT2D eigenvalue weighted by atomic mass is 9.99. The second-order valence-corrected chi connectivity index (χ2v) is 7.78. The summed E-state index contributed by atoms with van der Waals surface area (Å²) < 4.78 is 38.1. The number of carbonyl (C=O) groups is 2. The molecule has 1 heterocycles. The number of methoxy groups -OCH3 is 2. The number of anilines is 2. The van der Waals surface area contributed by atoms with E-state index in [4.69, 9.17) is 9.47 Å². The lowest BCUT2D eigenvalue weighted by Crippen LogP contribution is -2.32. The van der Waals surface area contributed by atoms with Gasteiger partial charge in [-0.05, 0) is 54.8 Å². The number of nitrogens with zero attached hydrogens (tertiary/aromatic N) is 1. The summed E-state index contributed by atoms with van der Waals surface area (Å²) in [4.78, 5) is 27.8. The Bertz CT molecular complexity index is 1350. The van der Waals surface area contributed by atoms with E-state index in [0.717, 1.165) is 28.2 Å². The molecule has 0 bridgehead atoms. The molecule has 0 fully saturated rings. The number of rotatable bonds is 6. The van der Waals surface area contributed by atoms with Crippen molar-refractivity contribution < 1.29 is 27.8 Å². The van der Waals surface area contributed by atoms with E-state index in [-0.39, 0.29) is 17.0 Å². The molecule has 174 valence electrons. The van der Waals surface area contributed by atoms with E-state index < -0.39 is 23.4 Å². The Hall–Kier alpha value is -4.20. The van der Waals surface area contributed by atoms with Gasteiger partial charge >= 0.3 is 0 Å². The van der Waals surface area contributed by atoms with Crippen LogP contribution in [-0.2, 0) is 9.59 Å². The topological polar surface area (TPSA) is 67.9 Å². The minimum atomic E-state index is -1.16. The van der Waals surface area contributed by atoms with Crippen molar-refractivity contribution in [2.45, 2.75) is 13.8 Å². The van der Waals surface area contributed by atoms with Crippen LogP contribution in [0.3, 0.4) is 0 Å². The van der Waals surface area contributed by atoms with Crippen LogP contribution < -0.4 is 19.7 Å². The smallest absolute Gasteiger partial charge is 0.282 e. The molecule has 2 amide bonds. The number of carbonyl (C=O) groups excluding carboxylic acids is 2. The number of hydrogen-bond donors (Lipinski definition) is 1. The van der Waals surface area contributed by atoms with Crippen LogP contribution in [0.25, 0.3) is 5.57 Å². The van der Waals surface area contributed by atoms with E-state index in [1.165, 1.54) is 20.3 Å². The van der Waals surface area contributed by atoms with Crippen molar-refractivity contribution in [3.05, 3.63) is 88.6 Å². The van der Waals surface area contributed by atoms with Gasteiger partial charge < -0.3 is 14.8 Å². The molecule has 4 rings (SSSR count). The van der Waals surface area contributed by atoms with Gasteiger partial charge in [0.2, 0.25) is 0 Å². The zero-order chi connectivity index (χ0) is 24.6. The van der Waals surface area contributed by atoms with Crippen LogP contribution in [0.4, 0.5) is 20.2 Å². The highest BCUT2D eigenvalue weighted by molar-refractivity contribution is 6.46. The van der Waals surface area contributed by atoms with Gasteiger partial charge in [0, 0.05) is 12.1 Å². The number of hydrogen-bond acceptors (Lipinski definition) is 5. The third-order valence-corrected chi connectivity index (χ3v) is 5.71. The average molecular weight is 464 g/mol. The fourth-order valence-electron chi connectivity index (χ4n) is 3.71. The molecule has 0 spiro atoms. The van der Waals surface area contributed by atoms with E-state index >= 15 is 0 Å². The largest absolute Gasteiger partial charge is 0.497 e. The van der Waals surface area contributed by atoms with Crippen molar-refractivity contribution in [3.8, 4) is 11.5 Å². The van der Waals surface area contributed by atoms with Crippen LogP contribution in [0.2, 0.25) is 0 Å². The van der Waals surface area contributed by atoms with E-state index in [1.807, 2.05) is 19.9 Å². The molecule has 1 N–H and O–H groups in total. The quantitative estimate of drug-likeness (QED) is 0.521. The summed E-state index contributed by atoms with van der Waals surface area (Å²) in [5.74, 6) is -2.67. The molecular weight excluding hydrogens is 442 g/mol. The molecule has 0 aromatic heterocycles. The maximum absolute atomic E-state index is 13.9. The zero-order valence-electron chi connectivity index (χ0n) is 19.0. The maximum Gasteiger partial charge on any atom is 0.282 e. The summed E-state index contributed by atoms with van der Waals surface area (Å²) in [6.45, 7) is 3.83. The molecule has 1 aliphatic rings. The standard InChI is InChI=1S/C26H22F2N2O4/c1-14-5-6-16(11-15(14)2)23-24(29-21-10-8-18(33-3)13-22(21)34-4)26(32)30(25(23)31)17-7-9-19(27)20(28)12-17/h5-13,29H,1-4H3. The van der Waals surface area contributed by atoms with Crippen LogP contribution in [0.15, 0.2) is 60.3 Å². The summed E-state index contributed by atoms with van der Waals surface area (Å²) >= 11 is 0. The van der Waals surface area contributed by atoms with E-state index in [0.29, 0.717) is 22.7 Å². The molecule has 6 nitrogen and oxygen atoms in total. The van der Waals surface area contributed by atoms with Crippen LogP contribution >= 0.6 is 0 Å². The molecule has 0 aliphatic carbocycles. The van der Waals surface area contributed by atoms with Gasteiger partial charge in [-0.1, -0.05) is 18.2 Å². The monoisotopic (exact) mass is 464 g/mol. The van der Waals surface area contributed by atoms with Crippen LogP contribution in [0, 0.1) is 25.5 Å². The number of nitrogens with one attached hydrogen (secondary N) is 1. The first kappa shape index (κ1) is 23.0. The van der Waals surface area contributed by atoms with Crippen molar-refractivity contribution in [2.75, 3.05) is 24.4 Å². The predicted molar refractivity (Wildman–Crippen MR) is 125 cm³/mol. The first-order valence-corrected chi connectivity index (χ1v) is 10.4. The molecular formula is C26H22F2N2O4. The molecule has 0 unspecified atom stereocenters. The number of aryl methyl sites for hydroxylation is 2. The Morgan fingerprint density at radius 2 is 1.56 bits per heavy atom. The molecule has 0 saturated carbocycles. The number of amides is 2. The summed E-state index contributed by atoms with van der Waals surface area (Å²) in [6, 6.07) is 13.2. The highest BCUT2D eigenvalue weighted by atomic mass is 19.2. The zero-order valence-corrected chi connectivity index (χ0v) is 19.0. The second-order valence-electron chi connectivity index (χ2n) is 7.78. The maximum atomic E-state index is 13.9. The van der Waals surface area contributed by atoms with Gasteiger partial charge in [0.1, 0.15) is 17.2 Å². The fourth-order valence-corrected chi connectivity index (χ4v) is 3.71. The minimum absolute atomic E-state index is 0.0125. The van der Waals surface area contributed by atoms with Crippen molar-refractivity contribution in [3.63, 3.8) is 0 Å². The summed E-state index contributed by atoms with van der Waals surface area (Å²) in [7, 11) is 2.98. The SMILES string of the molecule is COc1ccc(NC2=C(c3ccc(C)c(C)c3)C(=O)N(c3ccc(F)c(F)c3)C2=O)c(OC)c1. The van der Waals surface area contributed by atoms with E-state index in [9.17, 15) is 18.4 Å². The predicted octanol–water partition coefficient (Wildman–Crippen LogP) is 5.00. The Labute approximate surface area is 195 Å². The van der Waals surface area contributed by atoms with Crippen LogP contribution in [0.5, 0.6) is 11.5 Å². The number of benzene rings is 3. The minimum Gasteiger partial charge on any atom is -0.497 e. The van der Waals surface area contributed by atoms with E-state index in [1.54, 1.807) is 30.3 Å². The normalized spacial score (nSPS) is 13.5. The Morgan fingerprint density at radius 1 is 0.794 bits per heavy atom.